The molecular weight excluding hydrogens is 365 g/mol. The van der Waals surface area contributed by atoms with Gasteiger partial charge in [-0.25, -0.2) is 8.93 Å². The smallest absolute Gasteiger partial charge is 0.416 e. The van der Waals surface area contributed by atoms with Crippen LogP contribution < -0.4 is 9.46 Å². The van der Waals surface area contributed by atoms with Gasteiger partial charge in [0.1, 0.15) is 11.4 Å². The number of benzene rings is 1. The number of methoxy groups -OCH3 is 1. The van der Waals surface area contributed by atoms with Gasteiger partial charge in [0.2, 0.25) is 0 Å². The standard InChI is InChI=1S/C18H21F3N2O2S/c1-17(2,3)26(24)23-15(16-14(25-4)6-5-11-22-16)12-7-9-13(10-8-12)18(19,20)21/h5-11,15,23H,1-4H3/t15-,26-/m0/s1. The Kier molecular flexibility index (Phi) is 6.08. The first-order valence-corrected chi connectivity index (χ1v) is 9.03. The van der Waals surface area contributed by atoms with E-state index in [0.29, 0.717) is 17.0 Å². The van der Waals surface area contributed by atoms with E-state index < -0.39 is 33.5 Å². The molecule has 1 N–H and O–H groups in total. The maximum Gasteiger partial charge on any atom is 0.416 e. The van der Waals surface area contributed by atoms with Crippen molar-refractivity contribution in [3.05, 3.63) is 59.4 Å². The number of aromatic nitrogens is 1. The summed E-state index contributed by atoms with van der Waals surface area (Å²) in [4.78, 5) is 4.29. The number of nitrogens with zero attached hydrogens (tertiary/aromatic N) is 1. The lowest BCUT2D eigenvalue weighted by Crippen LogP contribution is -2.36. The predicted octanol–water partition coefficient (Wildman–Crippen LogP) is 4.25. The average Bonchev–Trinajstić information content (AvgIpc) is 2.58. The molecule has 0 bridgehead atoms. The van der Waals surface area contributed by atoms with Crippen molar-refractivity contribution in [2.24, 2.45) is 0 Å². The molecule has 142 valence electrons. The van der Waals surface area contributed by atoms with Crippen molar-refractivity contribution in [3.8, 4) is 5.75 Å². The predicted molar refractivity (Wildman–Crippen MR) is 95.1 cm³/mol. The summed E-state index contributed by atoms with van der Waals surface area (Å²) in [5.41, 5.74) is 0.213. The van der Waals surface area contributed by atoms with Crippen LogP contribution in [-0.4, -0.2) is 21.0 Å². The molecule has 2 atom stereocenters. The lowest BCUT2D eigenvalue weighted by molar-refractivity contribution is -0.137. The van der Waals surface area contributed by atoms with Crippen LogP contribution in [0.15, 0.2) is 42.6 Å². The molecule has 0 radical (unpaired) electrons. The Bertz CT molecular complexity index is 771. The Morgan fingerprint density at radius 1 is 1.12 bits per heavy atom. The van der Waals surface area contributed by atoms with E-state index >= 15 is 0 Å². The number of nitrogens with one attached hydrogen (secondary N) is 1. The van der Waals surface area contributed by atoms with Crippen LogP contribution in [0.3, 0.4) is 0 Å². The maximum atomic E-state index is 12.8. The van der Waals surface area contributed by atoms with Crippen molar-refractivity contribution < 1.29 is 22.1 Å². The van der Waals surface area contributed by atoms with Crippen molar-refractivity contribution in [2.75, 3.05) is 7.11 Å². The summed E-state index contributed by atoms with van der Waals surface area (Å²) in [6.07, 6.45) is -2.87. The average molecular weight is 386 g/mol. The topological polar surface area (TPSA) is 51.2 Å². The van der Waals surface area contributed by atoms with Gasteiger partial charge in [0.05, 0.1) is 34.4 Å². The van der Waals surface area contributed by atoms with Crippen molar-refractivity contribution in [1.29, 1.82) is 0 Å². The molecule has 0 aliphatic rings. The highest BCUT2D eigenvalue weighted by Crippen LogP contribution is 2.33. The molecular formula is C18H21F3N2O2S. The number of alkyl halides is 3. The second kappa shape index (κ2) is 7.75. The van der Waals surface area contributed by atoms with Gasteiger partial charge < -0.3 is 4.74 Å². The molecule has 0 saturated heterocycles. The Labute approximate surface area is 153 Å². The van der Waals surface area contributed by atoms with Crippen LogP contribution in [0, 0.1) is 0 Å². The third-order valence-corrected chi connectivity index (χ3v) is 5.21. The first kappa shape index (κ1) is 20.4. The van der Waals surface area contributed by atoms with Gasteiger partial charge in [-0.2, -0.15) is 13.2 Å². The Balaban J connectivity index is 2.48. The lowest BCUT2D eigenvalue weighted by atomic mass is 10.0. The fourth-order valence-electron chi connectivity index (χ4n) is 2.22. The molecule has 1 aromatic heterocycles. The molecule has 2 rings (SSSR count). The second-order valence-corrected chi connectivity index (χ2v) is 8.64. The summed E-state index contributed by atoms with van der Waals surface area (Å²) in [7, 11) is 0.00838. The van der Waals surface area contributed by atoms with Crippen LogP contribution in [0.1, 0.15) is 43.6 Å². The minimum atomic E-state index is -4.42. The van der Waals surface area contributed by atoms with Gasteiger partial charge in [-0.05, 0) is 50.6 Å². The number of halogens is 3. The summed E-state index contributed by atoms with van der Waals surface area (Å²) in [6.45, 7) is 5.40. The number of hydrogen-bond donors (Lipinski definition) is 1. The van der Waals surface area contributed by atoms with Crippen LogP contribution in [0.2, 0.25) is 0 Å². The molecule has 4 nitrogen and oxygen atoms in total. The van der Waals surface area contributed by atoms with Crippen molar-refractivity contribution in [1.82, 2.24) is 9.71 Å². The molecule has 0 saturated carbocycles. The van der Waals surface area contributed by atoms with Crippen LogP contribution >= 0.6 is 0 Å². The second-order valence-electron chi connectivity index (χ2n) is 6.64. The minimum absolute atomic E-state index is 0.451. The van der Waals surface area contributed by atoms with E-state index in [9.17, 15) is 17.4 Å². The highest BCUT2D eigenvalue weighted by Gasteiger charge is 2.31. The van der Waals surface area contributed by atoms with Gasteiger partial charge in [-0.1, -0.05) is 12.1 Å². The Hall–Kier alpha value is -1.93. The molecule has 1 heterocycles. The van der Waals surface area contributed by atoms with Crippen LogP contribution in [0.25, 0.3) is 0 Å². The zero-order valence-electron chi connectivity index (χ0n) is 14.9. The zero-order valence-corrected chi connectivity index (χ0v) is 15.7. The van der Waals surface area contributed by atoms with E-state index in [-0.39, 0.29) is 0 Å². The molecule has 0 amide bonds. The van der Waals surface area contributed by atoms with Gasteiger partial charge >= 0.3 is 6.18 Å². The van der Waals surface area contributed by atoms with E-state index in [1.807, 2.05) is 0 Å². The molecule has 0 unspecified atom stereocenters. The molecule has 26 heavy (non-hydrogen) atoms. The number of ether oxygens (including phenoxy) is 1. The van der Waals surface area contributed by atoms with Gasteiger partial charge in [0, 0.05) is 6.20 Å². The van der Waals surface area contributed by atoms with E-state index in [4.69, 9.17) is 4.74 Å². The summed E-state index contributed by atoms with van der Waals surface area (Å²) >= 11 is 0. The maximum absolute atomic E-state index is 12.8. The molecule has 0 fully saturated rings. The first-order chi connectivity index (χ1) is 12.0. The van der Waals surface area contributed by atoms with Gasteiger partial charge in [-0.3, -0.25) is 4.98 Å². The summed E-state index contributed by atoms with van der Waals surface area (Å²) in [5.74, 6) is 0.454. The molecule has 0 aliphatic carbocycles. The number of rotatable bonds is 5. The molecule has 8 heteroatoms. The summed E-state index contributed by atoms with van der Waals surface area (Å²) < 4.78 is 58.8. The highest BCUT2D eigenvalue weighted by atomic mass is 32.2. The normalized spacial score (nSPS) is 14.7. The largest absolute Gasteiger partial charge is 0.495 e. The van der Waals surface area contributed by atoms with Crippen molar-refractivity contribution in [2.45, 2.75) is 37.7 Å². The monoisotopic (exact) mass is 386 g/mol. The summed E-state index contributed by atoms with van der Waals surface area (Å²) in [5, 5.41) is 0. The Morgan fingerprint density at radius 3 is 2.23 bits per heavy atom. The fraction of sp³-hybridized carbons (Fsp3) is 0.389. The Morgan fingerprint density at radius 2 is 1.73 bits per heavy atom. The van der Waals surface area contributed by atoms with Gasteiger partial charge in [0.25, 0.3) is 0 Å². The van der Waals surface area contributed by atoms with Crippen molar-refractivity contribution in [3.63, 3.8) is 0 Å². The third kappa shape index (κ3) is 4.82. The van der Waals surface area contributed by atoms with Gasteiger partial charge in [-0.15, -0.1) is 0 Å². The SMILES string of the molecule is COc1cccnc1[C@@H](N[S@@](=O)C(C)(C)C)c1ccc(C(F)(F)F)cc1. The van der Waals surface area contributed by atoms with Gasteiger partial charge in [0.15, 0.2) is 0 Å². The van der Waals surface area contributed by atoms with Crippen LogP contribution in [0.5, 0.6) is 5.75 Å². The third-order valence-electron chi connectivity index (χ3n) is 3.65. The van der Waals surface area contributed by atoms with E-state index in [0.717, 1.165) is 12.1 Å². The van der Waals surface area contributed by atoms with E-state index in [2.05, 4.69) is 9.71 Å². The van der Waals surface area contributed by atoms with E-state index in [1.54, 1.807) is 39.1 Å². The number of pyridine rings is 1. The molecule has 2 aromatic rings. The molecule has 0 aliphatic heterocycles. The molecule has 1 aromatic carbocycles. The fourth-order valence-corrected chi connectivity index (χ4v) is 3.04. The first-order valence-electron chi connectivity index (χ1n) is 7.88. The van der Waals surface area contributed by atoms with Crippen LogP contribution in [0.4, 0.5) is 13.2 Å². The zero-order chi connectivity index (χ0) is 19.5. The quantitative estimate of drug-likeness (QED) is 0.836. The van der Waals surface area contributed by atoms with E-state index in [1.165, 1.54) is 19.2 Å². The lowest BCUT2D eigenvalue weighted by Gasteiger charge is -2.25. The summed E-state index contributed by atoms with van der Waals surface area (Å²) in [6, 6.07) is 7.41. The van der Waals surface area contributed by atoms with Crippen LogP contribution in [-0.2, 0) is 17.2 Å². The minimum Gasteiger partial charge on any atom is -0.495 e. The van der Waals surface area contributed by atoms with Crippen molar-refractivity contribution >= 4 is 11.0 Å². The number of hydrogen-bond acceptors (Lipinski definition) is 3. The highest BCUT2D eigenvalue weighted by molar-refractivity contribution is 7.84. The molecule has 0 spiro atoms.